The Kier molecular flexibility index (Phi) is 4.87. The lowest BCUT2D eigenvalue weighted by molar-refractivity contribution is 0.121. The zero-order chi connectivity index (χ0) is 18.8. The van der Waals surface area contributed by atoms with Crippen LogP contribution in [-0.4, -0.2) is 37.6 Å². The monoisotopic (exact) mass is 375 g/mol. The van der Waals surface area contributed by atoms with Crippen molar-refractivity contribution >= 4 is 0 Å². The summed E-state index contributed by atoms with van der Waals surface area (Å²) in [6.07, 6.45) is 14.4. The number of pyridine rings is 2. The van der Waals surface area contributed by atoms with Crippen LogP contribution in [0.4, 0.5) is 0 Å². The fourth-order valence-corrected chi connectivity index (χ4v) is 4.61. The van der Waals surface area contributed by atoms with E-state index in [-0.39, 0.29) is 6.04 Å². The van der Waals surface area contributed by atoms with Crippen molar-refractivity contribution in [3.63, 3.8) is 0 Å². The Balaban J connectivity index is 1.34. The highest BCUT2D eigenvalue weighted by atomic mass is 16.5. The minimum absolute atomic E-state index is 0.272. The van der Waals surface area contributed by atoms with E-state index in [9.17, 15) is 0 Å². The second-order valence-corrected chi connectivity index (χ2v) is 7.81. The molecule has 144 valence electrons. The molecular weight excluding hydrogens is 350 g/mol. The Morgan fingerprint density at radius 1 is 0.893 bits per heavy atom. The van der Waals surface area contributed by atoms with Crippen LogP contribution in [-0.2, 0) is 0 Å². The van der Waals surface area contributed by atoms with Crippen LogP contribution in [0, 0.1) is 0 Å². The van der Waals surface area contributed by atoms with E-state index in [4.69, 9.17) is 9.51 Å². The van der Waals surface area contributed by atoms with E-state index in [1.54, 1.807) is 12.4 Å². The summed E-state index contributed by atoms with van der Waals surface area (Å²) >= 11 is 0. The molecule has 1 saturated heterocycles. The van der Waals surface area contributed by atoms with E-state index in [1.165, 1.54) is 38.5 Å². The predicted octanol–water partition coefficient (Wildman–Crippen LogP) is 4.66. The van der Waals surface area contributed by atoms with Crippen molar-refractivity contribution in [3.05, 3.63) is 48.7 Å². The largest absolute Gasteiger partial charge is 0.337 e. The topological polar surface area (TPSA) is 67.9 Å². The predicted molar refractivity (Wildman–Crippen MR) is 106 cm³/mol. The molecule has 0 N–H and O–H groups in total. The number of aromatic nitrogens is 4. The van der Waals surface area contributed by atoms with E-state index < -0.39 is 0 Å². The lowest BCUT2D eigenvalue weighted by Crippen LogP contribution is -2.36. The number of rotatable bonds is 4. The van der Waals surface area contributed by atoms with Gasteiger partial charge in [0.05, 0.1) is 11.7 Å². The highest BCUT2D eigenvalue weighted by Gasteiger charge is 2.35. The summed E-state index contributed by atoms with van der Waals surface area (Å²) in [4.78, 5) is 16.0. The standard InChI is InChI=1S/C22H25N5O/c1-2-5-18(6-3-1)27-14-4-7-20(27)22-25-21(26-28-22)17-8-9-19(24-15-17)16-10-12-23-13-11-16/h8-13,15,18,20H,1-7,14H2/t20-/m0/s1. The molecule has 0 spiro atoms. The molecule has 6 nitrogen and oxygen atoms in total. The third-order valence-corrected chi connectivity index (χ3v) is 6.06. The van der Waals surface area contributed by atoms with Crippen molar-refractivity contribution in [1.29, 1.82) is 0 Å². The Labute approximate surface area is 165 Å². The van der Waals surface area contributed by atoms with Crippen molar-refractivity contribution in [2.24, 2.45) is 0 Å². The highest BCUT2D eigenvalue weighted by molar-refractivity contribution is 5.62. The van der Waals surface area contributed by atoms with Gasteiger partial charge in [0.25, 0.3) is 0 Å². The Morgan fingerprint density at radius 3 is 2.54 bits per heavy atom. The molecule has 6 heteroatoms. The summed E-state index contributed by atoms with van der Waals surface area (Å²) < 4.78 is 5.70. The first kappa shape index (κ1) is 17.5. The Morgan fingerprint density at radius 2 is 1.75 bits per heavy atom. The smallest absolute Gasteiger partial charge is 0.244 e. The highest BCUT2D eigenvalue weighted by Crippen LogP contribution is 2.37. The second kappa shape index (κ2) is 7.80. The SMILES string of the molecule is c1cc(-c2ccc(-c3noc([C@@H]4CCCN4C4CCCCC4)n3)cn2)ccn1. The average Bonchev–Trinajstić information content (AvgIpc) is 3.45. The van der Waals surface area contributed by atoms with E-state index >= 15 is 0 Å². The molecule has 0 aromatic carbocycles. The molecule has 1 aliphatic carbocycles. The lowest BCUT2D eigenvalue weighted by atomic mass is 9.94. The molecule has 28 heavy (non-hydrogen) atoms. The van der Waals surface area contributed by atoms with E-state index in [2.05, 4.69) is 20.0 Å². The van der Waals surface area contributed by atoms with Crippen molar-refractivity contribution in [2.45, 2.75) is 57.0 Å². The lowest BCUT2D eigenvalue weighted by Gasteiger charge is -2.34. The van der Waals surface area contributed by atoms with Gasteiger partial charge in [-0.2, -0.15) is 4.98 Å². The van der Waals surface area contributed by atoms with Crippen molar-refractivity contribution in [1.82, 2.24) is 25.0 Å². The van der Waals surface area contributed by atoms with Crippen LogP contribution in [0.1, 0.15) is 56.9 Å². The number of nitrogens with zero attached hydrogens (tertiary/aromatic N) is 5. The van der Waals surface area contributed by atoms with Crippen molar-refractivity contribution in [3.8, 4) is 22.6 Å². The molecule has 2 aliphatic rings. The minimum Gasteiger partial charge on any atom is -0.337 e. The molecule has 3 aromatic rings. The molecule has 3 aromatic heterocycles. The quantitative estimate of drug-likeness (QED) is 0.660. The first-order valence-electron chi connectivity index (χ1n) is 10.3. The maximum Gasteiger partial charge on any atom is 0.244 e. The van der Waals surface area contributed by atoms with Crippen LogP contribution in [0.5, 0.6) is 0 Å². The molecule has 1 aliphatic heterocycles. The Hall–Kier alpha value is -2.60. The molecule has 5 rings (SSSR count). The van der Waals surface area contributed by atoms with Crippen LogP contribution in [0.25, 0.3) is 22.6 Å². The van der Waals surface area contributed by atoms with Crippen molar-refractivity contribution in [2.75, 3.05) is 6.54 Å². The minimum atomic E-state index is 0.272. The molecule has 0 unspecified atom stereocenters. The fourth-order valence-electron chi connectivity index (χ4n) is 4.61. The van der Waals surface area contributed by atoms with Gasteiger partial charge in [0.1, 0.15) is 0 Å². The molecule has 0 amide bonds. The summed E-state index contributed by atoms with van der Waals surface area (Å²) in [5.74, 6) is 1.38. The zero-order valence-electron chi connectivity index (χ0n) is 16.0. The summed E-state index contributed by atoms with van der Waals surface area (Å²) in [5.41, 5.74) is 2.84. The maximum atomic E-state index is 5.70. The third-order valence-electron chi connectivity index (χ3n) is 6.06. The van der Waals surface area contributed by atoms with Gasteiger partial charge in [-0.15, -0.1) is 0 Å². The van der Waals surface area contributed by atoms with Crippen LogP contribution < -0.4 is 0 Å². The van der Waals surface area contributed by atoms with Gasteiger partial charge < -0.3 is 4.52 Å². The summed E-state index contributed by atoms with van der Waals surface area (Å²) in [6, 6.07) is 8.85. The summed E-state index contributed by atoms with van der Waals surface area (Å²) in [6.45, 7) is 1.15. The van der Waals surface area contributed by atoms with E-state index in [1.807, 2.05) is 30.5 Å². The molecule has 2 fully saturated rings. The first-order valence-corrected chi connectivity index (χ1v) is 10.3. The van der Waals surface area contributed by atoms with Gasteiger partial charge in [-0.1, -0.05) is 24.4 Å². The summed E-state index contributed by atoms with van der Waals surface area (Å²) in [5, 5.41) is 4.25. The fraction of sp³-hybridized carbons (Fsp3) is 0.455. The van der Waals surface area contributed by atoms with Crippen molar-refractivity contribution < 1.29 is 4.52 Å². The first-order chi connectivity index (χ1) is 13.9. The maximum absolute atomic E-state index is 5.70. The van der Waals surface area contributed by atoms with Gasteiger partial charge in [0, 0.05) is 35.8 Å². The van der Waals surface area contributed by atoms with Gasteiger partial charge in [0.2, 0.25) is 11.7 Å². The molecule has 4 heterocycles. The van der Waals surface area contributed by atoms with Gasteiger partial charge in [-0.25, -0.2) is 0 Å². The van der Waals surface area contributed by atoms with Gasteiger partial charge >= 0.3 is 0 Å². The van der Waals surface area contributed by atoms with E-state index in [0.29, 0.717) is 11.9 Å². The normalized spacial score (nSPS) is 21.2. The average molecular weight is 375 g/mol. The number of hydrogen-bond donors (Lipinski definition) is 0. The number of hydrogen-bond acceptors (Lipinski definition) is 6. The van der Waals surface area contributed by atoms with Gasteiger partial charge in [-0.05, 0) is 56.5 Å². The van der Waals surface area contributed by atoms with E-state index in [0.717, 1.165) is 35.7 Å². The second-order valence-electron chi connectivity index (χ2n) is 7.81. The molecule has 1 atom stereocenters. The van der Waals surface area contributed by atoms with Crippen LogP contribution in [0.15, 0.2) is 47.4 Å². The summed E-state index contributed by atoms with van der Waals surface area (Å²) in [7, 11) is 0. The molecule has 0 bridgehead atoms. The zero-order valence-corrected chi connectivity index (χ0v) is 16.0. The molecule has 1 saturated carbocycles. The third kappa shape index (κ3) is 3.44. The van der Waals surface area contributed by atoms with Gasteiger partial charge in [0.15, 0.2) is 0 Å². The number of likely N-dealkylation sites (tertiary alicyclic amines) is 1. The van der Waals surface area contributed by atoms with Crippen LogP contribution in [0.3, 0.4) is 0 Å². The Bertz CT molecular complexity index is 902. The van der Waals surface area contributed by atoms with Crippen LogP contribution >= 0.6 is 0 Å². The van der Waals surface area contributed by atoms with Crippen LogP contribution in [0.2, 0.25) is 0 Å². The van der Waals surface area contributed by atoms with Gasteiger partial charge in [-0.3, -0.25) is 14.9 Å². The molecular formula is C22H25N5O. The molecule has 0 radical (unpaired) electrons.